The second kappa shape index (κ2) is 10.4. The smallest absolute Gasteiger partial charge is 0.123 e. The van der Waals surface area contributed by atoms with Crippen LogP contribution < -0.4 is 5.73 Å². The fourth-order valence-corrected chi connectivity index (χ4v) is 2.70. The average molecular weight is 339 g/mol. The van der Waals surface area contributed by atoms with E-state index in [0.717, 1.165) is 32.4 Å². The van der Waals surface area contributed by atoms with Crippen LogP contribution in [0.3, 0.4) is 0 Å². The number of piperidine rings is 1. The highest BCUT2D eigenvalue weighted by molar-refractivity contribution is 5.85. The Morgan fingerprint density at radius 3 is 2.29 bits per heavy atom. The molecule has 1 saturated heterocycles. The van der Waals surface area contributed by atoms with Crippen LogP contribution in [0.2, 0.25) is 0 Å². The number of nitrogens with zero attached hydrogens (tertiary/aromatic N) is 1. The van der Waals surface area contributed by atoms with E-state index in [1.807, 2.05) is 12.1 Å². The van der Waals surface area contributed by atoms with Crippen molar-refractivity contribution in [3.63, 3.8) is 0 Å². The van der Waals surface area contributed by atoms with Crippen LogP contribution in [0.1, 0.15) is 18.4 Å². The van der Waals surface area contributed by atoms with Crippen LogP contribution in [0, 0.1) is 11.7 Å². The molecule has 0 saturated carbocycles. The summed E-state index contributed by atoms with van der Waals surface area (Å²) in [5.41, 5.74) is 6.63. The molecule has 0 spiro atoms. The number of aliphatic hydroxyl groups excluding tert-OH is 1. The van der Waals surface area contributed by atoms with Gasteiger partial charge in [-0.1, -0.05) is 12.1 Å². The quantitative estimate of drug-likeness (QED) is 0.865. The summed E-state index contributed by atoms with van der Waals surface area (Å²) in [7, 11) is 0. The number of halogens is 3. The van der Waals surface area contributed by atoms with Gasteiger partial charge in [0.15, 0.2) is 0 Å². The molecule has 1 fully saturated rings. The van der Waals surface area contributed by atoms with E-state index in [0.29, 0.717) is 19.0 Å². The van der Waals surface area contributed by atoms with E-state index >= 15 is 0 Å². The maximum absolute atomic E-state index is 12.8. The second-order valence-corrected chi connectivity index (χ2v) is 5.46. The van der Waals surface area contributed by atoms with Gasteiger partial charge in [-0.25, -0.2) is 4.39 Å². The van der Waals surface area contributed by atoms with E-state index in [2.05, 4.69) is 4.90 Å². The van der Waals surface area contributed by atoms with Crippen molar-refractivity contribution in [2.75, 3.05) is 26.2 Å². The molecule has 3 nitrogen and oxygen atoms in total. The van der Waals surface area contributed by atoms with Crippen molar-refractivity contribution >= 4 is 24.8 Å². The van der Waals surface area contributed by atoms with Gasteiger partial charge in [0.05, 0.1) is 6.10 Å². The van der Waals surface area contributed by atoms with E-state index in [4.69, 9.17) is 5.73 Å². The van der Waals surface area contributed by atoms with Gasteiger partial charge in [-0.3, -0.25) is 0 Å². The maximum Gasteiger partial charge on any atom is 0.123 e. The summed E-state index contributed by atoms with van der Waals surface area (Å²) in [6, 6.07) is 6.81. The Kier molecular flexibility index (Phi) is 10.2. The summed E-state index contributed by atoms with van der Waals surface area (Å²) in [6.07, 6.45) is 2.88. The molecule has 3 N–H and O–H groups in total. The highest BCUT2D eigenvalue weighted by Crippen LogP contribution is 2.21. The molecule has 0 amide bonds. The topological polar surface area (TPSA) is 49.5 Å². The first kappa shape index (κ1) is 20.6. The lowest BCUT2D eigenvalue weighted by Crippen LogP contribution is -2.41. The molecule has 1 atom stereocenters. The lowest BCUT2D eigenvalue weighted by molar-refractivity contribution is 0.0941. The molecule has 1 aliphatic rings. The van der Waals surface area contributed by atoms with Crippen LogP contribution in [-0.2, 0) is 6.42 Å². The van der Waals surface area contributed by atoms with Gasteiger partial charge >= 0.3 is 0 Å². The minimum atomic E-state index is -0.409. The average Bonchev–Trinajstić information content (AvgIpc) is 2.43. The Morgan fingerprint density at radius 1 is 1.19 bits per heavy atom. The van der Waals surface area contributed by atoms with Gasteiger partial charge in [-0.05, 0) is 56.0 Å². The summed E-state index contributed by atoms with van der Waals surface area (Å²) >= 11 is 0. The van der Waals surface area contributed by atoms with Crippen LogP contribution in [0.25, 0.3) is 0 Å². The lowest BCUT2D eigenvalue weighted by atomic mass is 9.90. The standard InChI is InChI=1S/C15H23FN2O.2ClH/c16-14-3-1-12(2-4-14)9-13-5-7-18(8-6-13)11-15(19)10-17;;/h1-4,13,15,19H,5-11,17H2;2*1H. The third-order valence-electron chi connectivity index (χ3n) is 3.89. The van der Waals surface area contributed by atoms with Crippen molar-refractivity contribution in [1.29, 1.82) is 0 Å². The Labute approximate surface area is 138 Å². The number of benzene rings is 1. The normalized spacial score (nSPS) is 17.7. The van der Waals surface area contributed by atoms with Gasteiger partial charge in [0.25, 0.3) is 0 Å². The van der Waals surface area contributed by atoms with Crippen molar-refractivity contribution < 1.29 is 9.50 Å². The zero-order valence-corrected chi connectivity index (χ0v) is 13.7. The predicted molar refractivity (Wildman–Crippen MR) is 88.8 cm³/mol. The second-order valence-electron chi connectivity index (χ2n) is 5.46. The molecule has 0 aliphatic carbocycles. The van der Waals surface area contributed by atoms with Crippen molar-refractivity contribution in [2.24, 2.45) is 11.7 Å². The summed E-state index contributed by atoms with van der Waals surface area (Å²) in [6.45, 7) is 3.04. The molecule has 122 valence electrons. The molecule has 2 rings (SSSR count). The maximum atomic E-state index is 12.8. The van der Waals surface area contributed by atoms with Crippen molar-refractivity contribution in [3.05, 3.63) is 35.6 Å². The predicted octanol–water partition coefficient (Wildman–Crippen LogP) is 2.24. The fraction of sp³-hybridized carbons (Fsp3) is 0.600. The minimum Gasteiger partial charge on any atom is -0.390 e. The number of likely N-dealkylation sites (tertiary alicyclic amines) is 1. The van der Waals surface area contributed by atoms with Gasteiger partial charge in [0.1, 0.15) is 5.82 Å². The molecule has 6 heteroatoms. The molecule has 21 heavy (non-hydrogen) atoms. The first-order valence-corrected chi connectivity index (χ1v) is 7.02. The summed E-state index contributed by atoms with van der Waals surface area (Å²) in [5.74, 6) is 0.492. The molecule has 1 unspecified atom stereocenters. The molecule has 1 heterocycles. The number of hydrogen-bond donors (Lipinski definition) is 2. The Morgan fingerprint density at radius 2 is 1.76 bits per heavy atom. The number of hydrogen-bond acceptors (Lipinski definition) is 3. The summed E-state index contributed by atoms with van der Waals surface area (Å²) in [5, 5.41) is 9.54. The van der Waals surface area contributed by atoms with Crippen LogP contribution in [0.4, 0.5) is 4.39 Å². The van der Waals surface area contributed by atoms with E-state index in [-0.39, 0.29) is 30.6 Å². The SMILES string of the molecule is Cl.Cl.NCC(O)CN1CCC(Cc2ccc(F)cc2)CC1. The Hall–Kier alpha value is -0.390. The zero-order chi connectivity index (χ0) is 13.7. The van der Waals surface area contributed by atoms with Crippen molar-refractivity contribution in [3.8, 4) is 0 Å². The highest BCUT2D eigenvalue weighted by atomic mass is 35.5. The number of aliphatic hydroxyl groups is 1. The first-order valence-electron chi connectivity index (χ1n) is 7.02. The van der Waals surface area contributed by atoms with Crippen molar-refractivity contribution in [1.82, 2.24) is 4.90 Å². The summed E-state index contributed by atoms with van der Waals surface area (Å²) < 4.78 is 12.8. The van der Waals surface area contributed by atoms with Gasteiger partial charge < -0.3 is 15.7 Å². The Bertz CT molecular complexity index is 384. The molecule has 1 aliphatic heterocycles. The van der Waals surface area contributed by atoms with E-state index < -0.39 is 6.10 Å². The number of β-amino-alcohol motifs (C(OH)–C–C–N with tert-alkyl or cyclic N) is 1. The monoisotopic (exact) mass is 338 g/mol. The Balaban J connectivity index is 0.00000200. The lowest BCUT2D eigenvalue weighted by Gasteiger charge is -2.33. The molecular weight excluding hydrogens is 314 g/mol. The van der Waals surface area contributed by atoms with E-state index in [1.165, 1.54) is 17.7 Å². The van der Waals surface area contributed by atoms with E-state index in [9.17, 15) is 9.50 Å². The van der Waals surface area contributed by atoms with E-state index in [1.54, 1.807) is 0 Å². The molecule has 0 radical (unpaired) electrons. The molecule has 0 aromatic heterocycles. The van der Waals surface area contributed by atoms with Crippen LogP contribution >= 0.6 is 24.8 Å². The minimum absolute atomic E-state index is 0. The summed E-state index contributed by atoms with van der Waals surface area (Å²) in [4.78, 5) is 2.28. The number of nitrogens with two attached hydrogens (primary N) is 1. The molecule has 1 aromatic rings. The third kappa shape index (κ3) is 6.94. The third-order valence-corrected chi connectivity index (χ3v) is 3.89. The van der Waals surface area contributed by atoms with Gasteiger partial charge in [-0.15, -0.1) is 24.8 Å². The molecular formula is C15H25Cl2FN2O. The first-order chi connectivity index (χ1) is 9.17. The van der Waals surface area contributed by atoms with Crippen LogP contribution in [-0.4, -0.2) is 42.3 Å². The van der Waals surface area contributed by atoms with Gasteiger partial charge in [-0.2, -0.15) is 0 Å². The van der Waals surface area contributed by atoms with Gasteiger partial charge in [0, 0.05) is 13.1 Å². The van der Waals surface area contributed by atoms with Crippen LogP contribution in [0.5, 0.6) is 0 Å². The molecule has 0 bridgehead atoms. The molecule has 1 aromatic carbocycles. The number of rotatable bonds is 5. The largest absolute Gasteiger partial charge is 0.390 e. The fourth-order valence-electron chi connectivity index (χ4n) is 2.70. The highest BCUT2D eigenvalue weighted by Gasteiger charge is 2.20. The zero-order valence-electron chi connectivity index (χ0n) is 12.1. The van der Waals surface area contributed by atoms with Crippen molar-refractivity contribution in [2.45, 2.75) is 25.4 Å². The van der Waals surface area contributed by atoms with Gasteiger partial charge in [0.2, 0.25) is 0 Å². The van der Waals surface area contributed by atoms with Crippen LogP contribution in [0.15, 0.2) is 24.3 Å².